The van der Waals surface area contributed by atoms with E-state index >= 15 is 0 Å². The Morgan fingerprint density at radius 1 is 1.11 bits per heavy atom. The lowest BCUT2D eigenvalue weighted by Crippen LogP contribution is -2.16. The molecule has 2 aromatic carbocycles. The van der Waals surface area contributed by atoms with Crippen molar-refractivity contribution in [2.45, 2.75) is 19.6 Å². The summed E-state index contributed by atoms with van der Waals surface area (Å²) < 4.78 is 24.6. The van der Waals surface area contributed by atoms with E-state index in [1.807, 2.05) is 43.3 Å². The minimum absolute atomic E-state index is 0.0608. The van der Waals surface area contributed by atoms with Crippen molar-refractivity contribution in [2.24, 2.45) is 0 Å². The fourth-order valence-electron chi connectivity index (χ4n) is 2.71. The molecule has 0 aliphatic rings. The molecule has 0 aromatic heterocycles. The van der Waals surface area contributed by atoms with Crippen LogP contribution in [0.25, 0.3) is 0 Å². The van der Waals surface area contributed by atoms with Crippen LogP contribution in [0.4, 0.5) is 17.1 Å². The van der Waals surface area contributed by atoms with Crippen molar-refractivity contribution in [3.63, 3.8) is 0 Å². The first kappa shape index (κ1) is 21.9. The molecule has 8 nitrogen and oxygen atoms in total. The zero-order valence-corrected chi connectivity index (χ0v) is 17.4. The van der Waals surface area contributed by atoms with Crippen molar-refractivity contribution < 1.29 is 18.5 Å². The van der Waals surface area contributed by atoms with Crippen LogP contribution in [-0.4, -0.2) is 32.2 Å². The maximum Gasteiger partial charge on any atom is 0.357 e. The number of nitro benzene ring substituents is 1. The Bertz CT molecular complexity index is 832. The van der Waals surface area contributed by atoms with Crippen molar-refractivity contribution in [1.29, 1.82) is 0 Å². The first-order valence-electron chi connectivity index (χ1n) is 8.97. The number of nitrogens with zero attached hydrogens (tertiary/aromatic N) is 2. The number of nitrogens with one attached hydrogen (secondary N) is 1. The quantitative estimate of drug-likeness (QED) is 0.335. The van der Waals surface area contributed by atoms with E-state index in [4.69, 9.17) is 9.05 Å². The molecule has 0 fully saturated rings. The van der Waals surface area contributed by atoms with Crippen LogP contribution < -0.4 is 10.2 Å². The first-order chi connectivity index (χ1) is 13.3. The molecular formula is C19H26N3O5P. The highest BCUT2D eigenvalue weighted by Gasteiger charge is 2.37. The lowest BCUT2D eigenvalue weighted by molar-refractivity contribution is -0.384. The van der Waals surface area contributed by atoms with Crippen LogP contribution in [0.2, 0.25) is 0 Å². The Balaban J connectivity index is 2.47. The van der Waals surface area contributed by atoms with Gasteiger partial charge < -0.3 is 19.3 Å². The zero-order valence-electron chi connectivity index (χ0n) is 16.5. The Kier molecular flexibility index (Phi) is 7.57. The van der Waals surface area contributed by atoms with Crippen LogP contribution in [0.1, 0.15) is 25.2 Å². The maximum absolute atomic E-state index is 13.5. The summed E-state index contributed by atoms with van der Waals surface area (Å²) in [6.45, 7) is 3.90. The molecule has 152 valence electrons. The number of hydrogen-bond donors (Lipinski definition) is 1. The van der Waals surface area contributed by atoms with Gasteiger partial charge in [-0.2, -0.15) is 0 Å². The van der Waals surface area contributed by atoms with E-state index in [9.17, 15) is 14.7 Å². The maximum atomic E-state index is 13.5. The molecule has 0 heterocycles. The molecule has 0 bridgehead atoms. The molecule has 28 heavy (non-hydrogen) atoms. The molecule has 0 aliphatic carbocycles. The van der Waals surface area contributed by atoms with Gasteiger partial charge in [-0.05, 0) is 37.6 Å². The SMILES string of the molecule is CCOP(=O)(OCC)[C@H](Nc1cccc([N+](=O)[O-])c1)c1ccc(N(C)C)cc1. The third kappa shape index (κ3) is 5.32. The van der Waals surface area contributed by atoms with E-state index in [0.29, 0.717) is 11.3 Å². The molecule has 9 heteroatoms. The summed E-state index contributed by atoms with van der Waals surface area (Å²) in [7, 11) is 0.270. The van der Waals surface area contributed by atoms with Gasteiger partial charge in [0, 0.05) is 37.6 Å². The van der Waals surface area contributed by atoms with Gasteiger partial charge >= 0.3 is 7.60 Å². The van der Waals surface area contributed by atoms with Crippen LogP contribution in [0.5, 0.6) is 0 Å². The van der Waals surface area contributed by atoms with Gasteiger partial charge in [-0.1, -0.05) is 18.2 Å². The Labute approximate surface area is 165 Å². The molecule has 0 saturated heterocycles. The fourth-order valence-corrected chi connectivity index (χ4v) is 4.65. The molecule has 0 saturated carbocycles. The normalized spacial score (nSPS) is 12.4. The van der Waals surface area contributed by atoms with Gasteiger partial charge in [-0.3, -0.25) is 14.7 Å². The molecular weight excluding hydrogens is 381 g/mol. The predicted octanol–water partition coefficient (Wildman–Crippen LogP) is 5.04. The number of non-ortho nitro benzene ring substituents is 1. The highest BCUT2D eigenvalue weighted by molar-refractivity contribution is 7.54. The Hall–Kier alpha value is -2.41. The first-order valence-corrected chi connectivity index (χ1v) is 10.6. The average molecular weight is 407 g/mol. The lowest BCUT2D eigenvalue weighted by atomic mass is 10.2. The van der Waals surface area contributed by atoms with Crippen molar-refractivity contribution in [2.75, 3.05) is 37.5 Å². The van der Waals surface area contributed by atoms with Crippen LogP contribution >= 0.6 is 7.60 Å². The van der Waals surface area contributed by atoms with Crippen molar-refractivity contribution in [3.8, 4) is 0 Å². The summed E-state index contributed by atoms with van der Waals surface area (Å²) in [5.41, 5.74) is 2.08. The topological polar surface area (TPSA) is 93.9 Å². The highest BCUT2D eigenvalue weighted by atomic mass is 31.2. The highest BCUT2D eigenvalue weighted by Crippen LogP contribution is 2.60. The van der Waals surface area contributed by atoms with E-state index in [2.05, 4.69) is 5.32 Å². The minimum Gasteiger partial charge on any atom is -0.378 e. The van der Waals surface area contributed by atoms with E-state index in [1.165, 1.54) is 12.1 Å². The number of benzene rings is 2. The third-order valence-corrected chi connectivity index (χ3v) is 6.32. The van der Waals surface area contributed by atoms with Gasteiger partial charge in [0.2, 0.25) is 0 Å². The van der Waals surface area contributed by atoms with Gasteiger partial charge in [-0.25, -0.2) is 0 Å². The van der Waals surface area contributed by atoms with Gasteiger partial charge in [-0.15, -0.1) is 0 Å². The Morgan fingerprint density at radius 3 is 2.21 bits per heavy atom. The van der Waals surface area contributed by atoms with Gasteiger partial charge in [0.05, 0.1) is 18.1 Å². The second-order valence-electron chi connectivity index (χ2n) is 6.22. The minimum atomic E-state index is -3.59. The molecule has 2 rings (SSSR count). The third-order valence-electron chi connectivity index (χ3n) is 4.02. The summed E-state index contributed by atoms with van der Waals surface area (Å²) in [6.07, 6.45) is 0. The number of nitro groups is 1. The predicted molar refractivity (Wildman–Crippen MR) is 111 cm³/mol. The van der Waals surface area contributed by atoms with Crippen LogP contribution in [0.3, 0.4) is 0 Å². The Morgan fingerprint density at radius 2 is 1.71 bits per heavy atom. The van der Waals surface area contributed by atoms with E-state index in [1.54, 1.807) is 26.0 Å². The standard InChI is InChI=1S/C19H26N3O5P/c1-5-26-28(25,27-6-2)19(15-10-12-17(13-11-15)21(3)4)20-16-8-7-9-18(14-16)22(23)24/h7-14,19-20H,5-6H2,1-4H3/t19-/m0/s1. The molecule has 0 spiro atoms. The van der Waals surface area contributed by atoms with Crippen molar-refractivity contribution in [1.82, 2.24) is 0 Å². The van der Waals surface area contributed by atoms with Crippen molar-refractivity contribution >= 4 is 24.7 Å². The largest absolute Gasteiger partial charge is 0.378 e. The van der Waals surface area contributed by atoms with Gasteiger partial charge in [0.1, 0.15) is 0 Å². The van der Waals surface area contributed by atoms with E-state index < -0.39 is 18.3 Å². The molecule has 2 aromatic rings. The van der Waals surface area contributed by atoms with Gasteiger partial charge in [0.25, 0.3) is 5.69 Å². The van der Waals surface area contributed by atoms with E-state index in [0.717, 1.165) is 5.69 Å². The number of anilines is 2. The van der Waals surface area contributed by atoms with Crippen LogP contribution in [-0.2, 0) is 13.6 Å². The smallest absolute Gasteiger partial charge is 0.357 e. The summed E-state index contributed by atoms with van der Waals surface area (Å²) in [5, 5.41) is 14.2. The summed E-state index contributed by atoms with van der Waals surface area (Å²) in [4.78, 5) is 12.6. The second kappa shape index (κ2) is 9.68. The summed E-state index contributed by atoms with van der Waals surface area (Å²) in [6, 6.07) is 13.5. The van der Waals surface area contributed by atoms with E-state index in [-0.39, 0.29) is 18.9 Å². The summed E-state index contributed by atoms with van der Waals surface area (Å²) >= 11 is 0. The molecule has 1 N–H and O–H groups in total. The molecule has 0 amide bonds. The molecule has 1 atom stereocenters. The van der Waals surface area contributed by atoms with Crippen LogP contribution in [0.15, 0.2) is 48.5 Å². The lowest BCUT2D eigenvalue weighted by Gasteiger charge is -2.28. The number of hydrogen-bond acceptors (Lipinski definition) is 7. The van der Waals surface area contributed by atoms with Gasteiger partial charge in [0.15, 0.2) is 5.78 Å². The molecule has 0 radical (unpaired) electrons. The molecule has 0 unspecified atom stereocenters. The van der Waals surface area contributed by atoms with Crippen molar-refractivity contribution in [3.05, 3.63) is 64.2 Å². The zero-order chi connectivity index (χ0) is 20.7. The fraction of sp³-hybridized carbons (Fsp3) is 0.368. The average Bonchev–Trinajstić information content (AvgIpc) is 2.66. The summed E-state index contributed by atoms with van der Waals surface area (Å²) in [5.74, 6) is -0.814. The monoisotopic (exact) mass is 407 g/mol. The second-order valence-corrected chi connectivity index (χ2v) is 8.33. The van der Waals surface area contributed by atoms with Crippen LogP contribution in [0, 0.1) is 10.1 Å². The number of rotatable bonds is 10. The molecule has 0 aliphatic heterocycles.